The lowest BCUT2D eigenvalue weighted by Gasteiger charge is -2.36. The summed E-state index contributed by atoms with van der Waals surface area (Å²) in [6.45, 7) is 1.69. The highest BCUT2D eigenvalue weighted by Crippen LogP contribution is 2.31. The third-order valence-electron chi connectivity index (χ3n) is 3.40. The van der Waals surface area contributed by atoms with E-state index in [-0.39, 0.29) is 5.82 Å². The fraction of sp³-hybridized carbons (Fsp3) is 0.727. The van der Waals surface area contributed by atoms with E-state index in [0.717, 1.165) is 25.9 Å². The number of imidazole rings is 1. The molecule has 0 saturated carbocycles. The van der Waals surface area contributed by atoms with Gasteiger partial charge in [-0.15, -0.1) is 0 Å². The van der Waals surface area contributed by atoms with Crippen molar-refractivity contribution in [3.63, 3.8) is 0 Å². The van der Waals surface area contributed by atoms with Gasteiger partial charge in [0.25, 0.3) is 0 Å². The van der Waals surface area contributed by atoms with Crippen molar-refractivity contribution < 1.29 is 4.92 Å². The van der Waals surface area contributed by atoms with Crippen molar-refractivity contribution in [1.29, 1.82) is 0 Å². The van der Waals surface area contributed by atoms with Gasteiger partial charge in [0.2, 0.25) is 12.1 Å². The summed E-state index contributed by atoms with van der Waals surface area (Å²) in [5, 5.41) is 14.2. The van der Waals surface area contributed by atoms with Crippen LogP contribution < -0.4 is 10.2 Å². The number of aromatic nitrogens is 2. The summed E-state index contributed by atoms with van der Waals surface area (Å²) in [5.41, 5.74) is 0. The number of anilines is 1. The van der Waals surface area contributed by atoms with Gasteiger partial charge in [0.1, 0.15) is 0 Å². The van der Waals surface area contributed by atoms with Crippen LogP contribution in [0, 0.1) is 10.1 Å². The minimum absolute atomic E-state index is 0.0412. The highest BCUT2D eigenvalue weighted by Gasteiger charge is 2.31. The smallest absolute Gasteiger partial charge is 0.358 e. The Morgan fingerprint density at radius 2 is 2.39 bits per heavy atom. The molecule has 1 N–H and O–H groups in total. The van der Waals surface area contributed by atoms with Crippen LogP contribution >= 0.6 is 0 Å². The predicted molar refractivity (Wildman–Crippen MR) is 68.8 cm³/mol. The molecule has 0 radical (unpaired) electrons. The van der Waals surface area contributed by atoms with Gasteiger partial charge >= 0.3 is 5.82 Å². The largest absolute Gasteiger partial charge is 0.406 e. The lowest BCUT2D eigenvalue weighted by atomic mass is 10.0. The Labute approximate surface area is 106 Å². The van der Waals surface area contributed by atoms with Crippen molar-refractivity contribution in [3.05, 3.63) is 16.4 Å². The van der Waals surface area contributed by atoms with Crippen LogP contribution in [-0.4, -0.2) is 40.7 Å². The Bertz CT molecular complexity index is 429. The third kappa shape index (κ3) is 2.31. The number of hydrogen-bond acceptors (Lipinski definition) is 5. The lowest BCUT2D eigenvalue weighted by molar-refractivity contribution is -0.388. The molecule has 0 amide bonds. The molecule has 1 fully saturated rings. The molecule has 1 unspecified atom stereocenters. The number of nitro groups is 1. The minimum atomic E-state index is -0.402. The highest BCUT2D eigenvalue weighted by atomic mass is 16.6. The maximum atomic E-state index is 11.0. The van der Waals surface area contributed by atoms with E-state index in [1.54, 1.807) is 11.6 Å². The first-order valence-corrected chi connectivity index (χ1v) is 6.22. The molecule has 0 spiro atoms. The summed E-state index contributed by atoms with van der Waals surface area (Å²) in [4.78, 5) is 16.6. The zero-order valence-corrected chi connectivity index (χ0v) is 10.8. The van der Waals surface area contributed by atoms with Crippen LogP contribution in [0.25, 0.3) is 0 Å². The summed E-state index contributed by atoms with van der Waals surface area (Å²) < 4.78 is 1.74. The first-order valence-electron chi connectivity index (χ1n) is 6.22. The van der Waals surface area contributed by atoms with Crippen LogP contribution in [0.5, 0.6) is 0 Å². The number of piperidine rings is 1. The fourth-order valence-corrected chi connectivity index (χ4v) is 2.60. The van der Waals surface area contributed by atoms with Crippen LogP contribution in [-0.2, 0) is 7.05 Å². The molecule has 1 aromatic heterocycles. The van der Waals surface area contributed by atoms with E-state index in [1.165, 1.54) is 12.7 Å². The molecule has 18 heavy (non-hydrogen) atoms. The van der Waals surface area contributed by atoms with Crippen LogP contribution in [0.3, 0.4) is 0 Å². The number of hydrogen-bond donors (Lipinski definition) is 1. The van der Waals surface area contributed by atoms with Gasteiger partial charge in [0.15, 0.2) is 0 Å². The van der Waals surface area contributed by atoms with E-state index in [4.69, 9.17) is 0 Å². The summed E-state index contributed by atoms with van der Waals surface area (Å²) >= 11 is 0. The van der Waals surface area contributed by atoms with Gasteiger partial charge in [-0.2, -0.15) is 0 Å². The maximum absolute atomic E-state index is 11.0. The van der Waals surface area contributed by atoms with E-state index in [1.807, 2.05) is 7.05 Å². The van der Waals surface area contributed by atoms with Gasteiger partial charge in [0, 0.05) is 26.2 Å². The van der Waals surface area contributed by atoms with Gasteiger partial charge < -0.3 is 20.3 Å². The zero-order valence-electron chi connectivity index (χ0n) is 10.8. The average Bonchev–Trinajstić information content (AvgIpc) is 2.72. The molecule has 1 aliphatic rings. The number of aryl methyl sites for hydroxylation is 1. The van der Waals surface area contributed by atoms with E-state index < -0.39 is 4.92 Å². The topological polar surface area (TPSA) is 76.2 Å². The molecule has 0 aromatic carbocycles. The quantitative estimate of drug-likeness (QED) is 0.637. The van der Waals surface area contributed by atoms with Crippen LogP contribution in [0.15, 0.2) is 6.33 Å². The van der Waals surface area contributed by atoms with E-state index in [9.17, 15) is 10.1 Å². The molecule has 0 aliphatic carbocycles. The van der Waals surface area contributed by atoms with Crippen LogP contribution in [0.2, 0.25) is 0 Å². The molecule has 100 valence electrons. The minimum Gasteiger partial charge on any atom is -0.358 e. The summed E-state index contributed by atoms with van der Waals surface area (Å²) in [7, 11) is 3.71. The average molecular weight is 253 g/mol. The Morgan fingerprint density at radius 3 is 3.06 bits per heavy atom. The maximum Gasteiger partial charge on any atom is 0.406 e. The van der Waals surface area contributed by atoms with E-state index >= 15 is 0 Å². The number of rotatable bonds is 4. The molecule has 1 saturated heterocycles. The normalized spacial score (nSPS) is 20.1. The highest BCUT2D eigenvalue weighted by molar-refractivity contribution is 5.55. The lowest BCUT2D eigenvalue weighted by Crippen LogP contribution is -2.45. The second-order valence-corrected chi connectivity index (χ2v) is 4.66. The van der Waals surface area contributed by atoms with Crippen molar-refractivity contribution >= 4 is 11.6 Å². The SMILES string of the molecule is CNCC1CCCCN1c1c([N+](=O)[O-])ncn1C. The molecule has 7 nitrogen and oxygen atoms in total. The molecule has 1 atom stereocenters. The first-order chi connectivity index (χ1) is 8.65. The Kier molecular flexibility index (Phi) is 3.81. The Morgan fingerprint density at radius 1 is 1.61 bits per heavy atom. The van der Waals surface area contributed by atoms with Gasteiger partial charge in [-0.3, -0.25) is 4.57 Å². The van der Waals surface area contributed by atoms with Crippen LogP contribution in [0.4, 0.5) is 11.6 Å². The van der Waals surface area contributed by atoms with Gasteiger partial charge in [-0.05, 0) is 36.2 Å². The summed E-state index contributed by atoms with van der Waals surface area (Å²) in [5.74, 6) is 0.584. The number of likely N-dealkylation sites (N-methyl/N-ethyl adjacent to an activating group) is 1. The van der Waals surface area contributed by atoms with Gasteiger partial charge in [-0.1, -0.05) is 0 Å². The Balaban J connectivity index is 2.32. The van der Waals surface area contributed by atoms with Crippen molar-refractivity contribution in [1.82, 2.24) is 14.9 Å². The molecule has 1 aromatic rings. The van der Waals surface area contributed by atoms with Crippen molar-refractivity contribution in [2.24, 2.45) is 7.05 Å². The number of nitrogens with one attached hydrogen (secondary N) is 1. The van der Waals surface area contributed by atoms with Gasteiger partial charge in [0.05, 0.1) is 0 Å². The van der Waals surface area contributed by atoms with E-state index in [2.05, 4.69) is 15.2 Å². The van der Waals surface area contributed by atoms with Crippen LogP contribution in [0.1, 0.15) is 19.3 Å². The number of nitrogens with zero attached hydrogens (tertiary/aromatic N) is 4. The molecule has 7 heteroatoms. The van der Waals surface area contributed by atoms with E-state index in [0.29, 0.717) is 11.9 Å². The second kappa shape index (κ2) is 5.34. The third-order valence-corrected chi connectivity index (χ3v) is 3.40. The Hall–Kier alpha value is -1.63. The molecule has 2 rings (SSSR count). The molecule has 0 bridgehead atoms. The molecular formula is C11H19N5O2. The first kappa shape index (κ1) is 12.8. The molecule has 1 aliphatic heterocycles. The van der Waals surface area contributed by atoms with Crippen molar-refractivity contribution in [2.75, 3.05) is 25.0 Å². The predicted octanol–water partition coefficient (Wildman–Crippen LogP) is 0.907. The fourth-order valence-electron chi connectivity index (χ4n) is 2.60. The molecule has 2 heterocycles. The van der Waals surface area contributed by atoms with Crippen molar-refractivity contribution in [2.45, 2.75) is 25.3 Å². The molecular weight excluding hydrogens is 234 g/mol. The summed E-state index contributed by atoms with van der Waals surface area (Å²) in [6.07, 6.45) is 4.82. The second-order valence-electron chi connectivity index (χ2n) is 4.66. The summed E-state index contributed by atoms with van der Waals surface area (Å²) in [6, 6.07) is 0.304. The zero-order chi connectivity index (χ0) is 13.1. The van der Waals surface area contributed by atoms with Gasteiger partial charge in [-0.25, -0.2) is 0 Å². The van der Waals surface area contributed by atoms with Crippen molar-refractivity contribution in [3.8, 4) is 0 Å². The standard InChI is InChI=1S/C11H19N5O2/c1-12-7-9-5-3-4-6-15(9)11-10(16(17)18)13-8-14(11)2/h8-9,12H,3-7H2,1-2H3. The monoisotopic (exact) mass is 253 g/mol.